The molecule has 24 heavy (non-hydrogen) atoms. The van der Waals surface area contributed by atoms with Gasteiger partial charge in [-0.25, -0.2) is 0 Å². The number of rotatable bonds is 5. The van der Waals surface area contributed by atoms with E-state index in [0.29, 0.717) is 13.3 Å². The Labute approximate surface area is 143 Å². The van der Waals surface area contributed by atoms with Crippen LogP contribution in [0.3, 0.4) is 0 Å². The first kappa shape index (κ1) is 17.1. The van der Waals surface area contributed by atoms with Gasteiger partial charge in [-0.2, -0.15) is 0 Å². The molecule has 2 atom stereocenters. The molecule has 3 N–H and O–H groups in total. The van der Waals surface area contributed by atoms with Gasteiger partial charge in [0.05, 0.1) is 37.7 Å². The number of hydrogen-bond acceptors (Lipinski definition) is 5. The summed E-state index contributed by atoms with van der Waals surface area (Å²) >= 11 is 0. The van der Waals surface area contributed by atoms with Crippen LogP contribution in [0.1, 0.15) is 25.8 Å². The summed E-state index contributed by atoms with van der Waals surface area (Å²) in [6.45, 7) is 7.98. The molecule has 3 rings (SSSR count). The van der Waals surface area contributed by atoms with E-state index in [-0.39, 0.29) is 12.3 Å². The van der Waals surface area contributed by atoms with Gasteiger partial charge in [0.15, 0.2) is 0 Å². The molecule has 2 aliphatic rings. The van der Waals surface area contributed by atoms with Crippen LogP contribution in [0.5, 0.6) is 5.75 Å². The van der Waals surface area contributed by atoms with E-state index in [9.17, 15) is 0 Å². The third-order valence-electron chi connectivity index (χ3n) is 4.46. The van der Waals surface area contributed by atoms with E-state index in [0.717, 1.165) is 48.9 Å². The first-order valence-corrected chi connectivity index (χ1v) is 8.65. The van der Waals surface area contributed by atoms with Gasteiger partial charge in [0.2, 0.25) is 5.71 Å². The van der Waals surface area contributed by atoms with Crippen molar-refractivity contribution in [3.05, 3.63) is 29.8 Å². The number of nitrogens with zero attached hydrogens (tertiary/aromatic N) is 2. The molecule has 0 spiro atoms. The summed E-state index contributed by atoms with van der Waals surface area (Å²) in [5.41, 5.74) is 2.67. The monoisotopic (exact) mass is 331 g/mol. The van der Waals surface area contributed by atoms with Crippen molar-refractivity contribution in [1.29, 1.82) is 0 Å². The molecule has 2 aliphatic heterocycles. The molecule has 0 bridgehead atoms. The van der Waals surface area contributed by atoms with Crippen LogP contribution in [-0.4, -0.2) is 61.6 Å². The fourth-order valence-electron chi connectivity index (χ4n) is 3.23. The summed E-state index contributed by atoms with van der Waals surface area (Å²) in [5.74, 6) is 0.839. The molecule has 0 aliphatic carbocycles. The highest BCUT2D eigenvalue weighted by Gasteiger charge is 2.30. The predicted octanol–water partition coefficient (Wildman–Crippen LogP) is 0.0721. The molecule has 1 unspecified atom stereocenters. The van der Waals surface area contributed by atoms with Crippen LogP contribution in [0, 0.1) is 0 Å². The van der Waals surface area contributed by atoms with Crippen LogP contribution >= 0.6 is 0 Å². The normalized spacial score (nSPS) is 25.2. The Morgan fingerprint density at radius 2 is 2.38 bits per heavy atom. The Kier molecular flexibility index (Phi) is 5.60. The topological polar surface area (TPSA) is 71.7 Å². The van der Waals surface area contributed by atoms with Gasteiger partial charge in [-0.15, -0.1) is 0 Å². The summed E-state index contributed by atoms with van der Waals surface area (Å²) in [6.07, 6.45) is 1.33. The van der Waals surface area contributed by atoms with Crippen LogP contribution in [-0.2, 0) is 4.74 Å². The third-order valence-corrected chi connectivity index (χ3v) is 4.46. The number of morpholine rings is 1. The maximum atomic E-state index is 6.41. The summed E-state index contributed by atoms with van der Waals surface area (Å²) in [7, 11) is 0. The highest BCUT2D eigenvalue weighted by Crippen LogP contribution is 2.17. The lowest BCUT2D eigenvalue weighted by Gasteiger charge is -2.38. The predicted molar refractivity (Wildman–Crippen MR) is 94.5 cm³/mol. The fraction of sp³-hybridized carbons (Fsp3) is 0.556. The summed E-state index contributed by atoms with van der Waals surface area (Å²) in [5, 5.41) is 9.88. The van der Waals surface area contributed by atoms with Crippen molar-refractivity contribution in [2.45, 2.75) is 32.5 Å². The summed E-state index contributed by atoms with van der Waals surface area (Å²) in [4.78, 5) is 7.01. The molecule has 2 heterocycles. The van der Waals surface area contributed by atoms with Gasteiger partial charge in [0.25, 0.3) is 0 Å². The van der Waals surface area contributed by atoms with Gasteiger partial charge in [-0.05, 0) is 32.0 Å². The minimum absolute atomic E-state index is 0.262. The SMILES string of the molecule is CCOc1cccc(C(=[NH2+])C2=NCNC(N3CCO[C@H](C)C3)C2)c1. The zero-order valence-electron chi connectivity index (χ0n) is 14.5. The molecule has 6 nitrogen and oxygen atoms in total. The van der Waals surface area contributed by atoms with Gasteiger partial charge in [-0.1, -0.05) is 6.07 Å². The van der Waals surface area contributed by atoms with Gasteiger partial charge in [0, 0.05) is 19.5 Å². The molecule has 0 aromatic heterocycles. The fourth-order valence-corrected chi connectivity index (χ4v) is 3.23. The van der Waals surface area contributed by atoms with Crippen molar-refractivity contribution in [2.24, 2.45) is 4.99 Å². The lowest BCUT2D eigenvalue weighted by molar-refractivity contribution is -0.109. The Bertz CT molecular complexity index is 617. The second-order valence-electron chi connectivity index (χ2n) is 6.24. The van der Waals surface area contributed by atoms with Gasteiger partial charge in [-0.3, -0.25) is 20.6 Å². The summed E-state index contributed by atoms with van der Waals surface area (Å²) < 4.78 is 11.2. The van der Waals surface area contributed by atoms with Crippen LogP contribution in [0.25, 0.3) is 0 Å². The van der Waals surface area contributed by atoms with Crippen molar-refractivity contribution < 1.29 is 14.9 Å². The Hall–Kier alpha value is -1.76. The number of nitrogens with two attached hydrogens (primary N) is 1. The zero-order valence-corrected chi connectivity index (χ0v) is 14.5. The minimum Gasteiger partial charge on any atom is -0.494 e. The zero-order chi connectivity index (χ0) is 16.9. The Balaban J connectivity index is 1.69. The molecular formula is C18H27N4O2+. The average Bonchev–Trinajstić information content (AvgIpc) is 2.62. The van der Waals surface area contributed by atoms with Gasteiger partial charge < -0.3 is 9.47 Å². The number of hydrogen-bond donors (Lipinski definition) is 2. The number of benzene rings is 1. The summed E-state index contributed by atoms with van der Waals surface area (Å²) in [6, 6.07) is 7.90. The van der Waals surface area contributed by atoms with Crippen molar-refractivity contribution in [1.82, 2.24) is 10.2 Å². The van der Waals surface area contributed by atoms with E-state index < -0.39 is 0 Å². The standard InChI is InChI=1S/C18H26N4O2/c1-3-23-15-6-4-5-14(9-15)18(19)16-10-17(21-12-20-16)22-7-8-24-13(2)11-22/h4-6,9,13,17,19,21H,3,7-8,10-12H2,1-2H3/p+1/t13-,17?/m1/s1. The maximum Gasteiger partial charge on any atom is 0.225 e. The Morgan fingerprint density at radius 3 is 3.17 bits per heavy atom. The van der Waals surface area contributed by atoms with Crippen molar-refractivity contribution in [3.63, 3.8) is 0 Å². The molecule has 0 saturated carbocycles. The van der Waals surface area contributed by atoms with E-state index in [1.807, 2.05) is 31.2 Å². The van der Waals surface area contributed by atoms with Gasteiger partial charge >= 0.3 is 0 Å². The maximum absolute atomic E-state index is 6.41. The minimum atomic E-state index is 0.262. The number of aliphatic imine (C=N–C) groups is 1. The van der Waals surface area contributed by atoms with Crippen LogP contribution in [0.2, 0.25) is 0 Å². The molecule has 6 heteroatoms. The van der Waals surface area contributed by atoms with E-state index in [1.165, 1.54) is 0 Å². The van der Waals surface area contributed by atoms with Crippen molar-refractivity contribution in [3.8, 4) is 5.75 Å². The van der Waals surface area contributed by atoms with Crippen LogP contribution in [0.15, 0.2) is 29.3 Å². The lowest BCUT2D eigenvalue weighted by Crippen LogP contribution is -2.57. The molecule has 1 aromatic rings. The number of ether oxygens (including phenoxy) is 2. The highest BCUT2D eigenvalue weighted by molar-refractivity contribution is 6.46. The molecule has 0 radical (unpaired) electrons. The molecule has 0 amide bonds. The number of nitrogens with one attached hydrogen (secondary N) is 1. The van der Waals surface area contributed by atoms with E-state index in [1.54, 1.807) is 0 Å². The second kappa shape index (κ2) is 7.88. The lowest BCUT2D eigenvalue weighted by atomic mass is 10.0. The Morgan fingerprint density at radius 1 is 1.50 bits per heavy atom. The highest BCUT2D eigenvalue weighted by atomic mass is 16.5. The molecule has 1 saturated heterocycles. The van der Waals surface area contributed by atoms with Gasteiger partial charge in [0.1, 0.15) is 11.5 Å². The smallest absolute Gasteiger partial charge is 0.225 e. The average molecular weight is 331 g/mol. The quantitative estimate of drug-likeness (QED) is 0.749. The molecule has 130 valence electrons. The van der Waals surface area contributed by atoms with Crippen LogP contribution in [0.4, 0.5) is 0 Å². The van der Waals surface area contributed by atoms with E-state index in [2.05, 4.69) is 22.1 Å². The van der Waals surface area contributed by atoms with Crippen LogP contribution < -0.4 is 15.5 Å². The molecule has 1 aromatic carbocycles. The first-order valence-electron chi connectivity index (χ1n) is 8.65. The molecular weight excluding hydrogens is 304 g/mol. The van der Waals surface area contributed by atoms with Crippen molar-refractivity contribution in [2.75, 3.05) is 33.0 Å². The molecule has 1 fully saturated rings. The first-order chi connectivity index (χ1) is 11.7. The van der Waals surface area contributed by atoms with Crippen molar-refractivity contribution >= 4 is 11.4 Å². The third kappa shape index (κ3) is 4.01. The second-order valence-corrected chi connectivity index (χ2v) is 6.24. The van der Waals surface area contributed by atoms with E-state index >= 15 is 0 Å². The largest absolute Gasteiger partial charge is 0.494 e. The van der Waals surface area contributed by atoms with E-state index in [4.69, 9.17) is 14.9 Å².